The Balaban J connectivity index is 1.80. The van der Waals surface area contributed by atoms with Crippen LogP contribution in [0.15, 0.2) is 70.4 Å². The zero-order valence-electron chi connectivity index (χ0n) is 15.3. The lowest BCUT2D eigenvalue weighted by Crippen LogP contribution is -2.25. The molecule has 0 spiro atoms. The molecule has 0 saturated heterocycles. The van der Waals surface area contributed by atoms with Crippen LogP contribution in [-0.2, 0) is 23.6 Å². The van der Waals surface area contributed by atoms with E-state index in [0.717, 1.165) is 16.2 Å². The van der Waals surface area contributed by atoms with E-state index in [1.807, 2.05) is 30.3 Å². The molecule has 1 heterocycles. The summed E-state index contributed by atoms with van der Waals surface area (Å²) in [5.41, 5.74) is 1.75. The van der Waals surface area contributed by atoms with E-state index in [-0.39, 0.29) is 10.6 Å². The molecular formula is C21H18Cl2N2O3S. The highest BCUT2D eigenvalue weighted by Crippen LogP contribution is 2.27. The zero-order chi connectivity index (χ0) is 20.8. The molecule has 0 radical (unpaired) electrons. The number of halogens is 2. The van der Waals surface area contributed by atoms with Crippen molar-refractivity contribution in [1.29, 1.82) is 0 Å². The van der Waals surface area contributed by atoms with Crippen LogP contribution in [0.2, 0.25) is 10.0 Å². The van der Waals surface area contributed by atoms with E-state index in [0.29, 0.717) is 29.3 Å². The summed E-state index contributed by atoms with van der Waals surface area (Å²) in [6.07, 6.45) is 0.567. The Morgan fingerprint density at radius 1 is 1.03 bits per heavy atom. The largest absolute Gasteiger partial charge is 0.370 e. The average molecular weight is 449 g/mol. The van der Waals surface area contributed by atoms with Crippen molar-refractivity contribution in [3.05, 3.63) is 97.9 Å². The van der Waals surface area contributed by atoms with Gasteiger partial charge in [-0.15, -0.1) is 11.8 Å². The minimum absolute atomic E-state index is 0.0875. The number of hydrogen-bond donors (Lipinski definition) is 1. The molecule has 150 valence electrons. The van der Waals surface area contributed by atoms with E-state index < -0.39 is 5.97 Å². The van der Waals surface area contributed by atoms with Gasteiger partial charge in [0.1, 0.15) is 5.02 Å². The molecule has 0 atom stereocenters. The van der Waals surface area contributed by atoms with Gasteiger partial charge >= 0.3 is 5.97 Å². The van der Waals surface area contributed by atoms with Crippen molar-refractivity contribution in [2.75, 3.05) is 0 Å². The van der Waals surface area contributed by atoms with E-state index in [9.17, 15) is 9.59 Å². The van der Waals surface area contributed by atoms with Gasteiger partial charge in [-0.2, -0.15) is 5.90 Å². The van der Waals surface area contributed by atoms with E-state index >= 15 is 0 Å². The number of aromatic nitrogens is 1. The monoisotopic (exact) mass is 448 g/mol. The number of carbonyl (C=O) groups excluding carboxylic acids is 1. The second kappa shape index (κ2) is 9.98. The molecule has 8 heteroatoms. The van der Waals surface area contributed by atoms with Gasteiger partial charge in [0.05, 0.1) is 16.3 Å². The molecule has 29 heavy (non-hydrogen) atoms. The van der Waals surface area contributed by atoms with Crippen LogP contribution in [-0.4, -0.2) is 10.5 Å². The molecule has 0 saturated carbocycles. The van der Waals surface area contributed by atoms with Crippen LogP contribution in [0.4, 0.5) is 0 Å². The van der Waals surface area contributed by atoms with Gasteiger partial charge in [-0.25, -0.2) is 4.79 Å². The van der Waals surface area contributed by atoms with Gasteiger partial charge in [0.2, 0.25) is 0 Å². The third-order valence-electron chi connectivity index (χ3n) is 4.34. The number of pyridine rings is 1. The Hall–Kier alpha value is -2.25. The summed E-state index contributed by atoms with van der Waals surface area (Å²) >= 11 is 14.1. The Bertz CT molecular complexity index is 1050. The molecule has 0 fully saturated rings. The summed E-state index contributed by atoms with van der Waals surface area (Å²) in [6.45, 7) is 0.407. The van der Waals surface area contributed by atoms with Crippen LogP contribution < -0.4 is 11.5 Å². The first-order valence-electron chi connectivity index (χ1n) is 8.75. The predicted molar refractivity (Wildman–Crippen MR) is 116 cm³/mol. The number of hydrogen-bond acceptors (Lipinski definition) is 5. The molecule has 2 aromatic carbocycles. The maximum Gasteiger partial charge on any atom is 0.356 e. The molecule has 3 aromatic rings. The highest BCUT2D eigenvalue weighted by atomic mass is 35.5. The van der Waals surface area contributed by atoms with Crippen molar-refractivity contribution < 1.29 is 9.63 Å². The number of benzene rings is 2. The molecule has 1 aromatic heterocycles. The molecule has 3 rings (SSSR count). The average Bonchev–Trinajstić information content (AvgIpc) is 2.75. The van der Waals surface area contributed by atoms with Crippen molar-refractivity contribution in [3.8, 4) is 0 Å². The quantitative estimate of drug-likeness (QED) is 0.417. The summed E-state index contributed by atoms with van der Waals surface area (Å²) in [5, 5.41) is 0.545. The van der Waals surface area contributed by atoms with Gasteiger partial charge in [-0.1, -0.05) is 53.5 Å². The van der Waals surface area contributed by atoms with Crippen LogP contribution in [0, 0.1) is 0 Å². The Kier molecular flexibility index (Phi) is 7.39. The molecule has 0 bridgehead atoms. The molecule has 0 aliphatic rings. The second-order valence-electron chi connectivity index (χ2n) is 6.20. The Morgan fingerprint density at radius 3 is 2.38 bits per heavy atom. The van der Waals surface area contributed by atoms with Crippen LogP contribution in [0.5, 0.6) is 0 Å². The number of nitrogens with zero attached hydrogens (tertiary/aromatic N) is 1. The standard InChI is InChI=1S/C21H18Cl2N2O3S/c22-17-12-18(23)20(26)25(19(17)13-29-16-4-2-1-3-5-16)11-10-14-6-8-15(9-7-14)21(27)28-24/h1-9,12H,10-11,13,24H2. The van der Waals surface area contributed by atoms with Crippen LogP contribution in [0.3, 0.4) is 0 Å². The van der Waals surface area contributed by atoms with Crippen LogP contribution in [0.1, 0.15) is 21.6 Å². The van der Waals surface area contributed by atoms with E-state index in [4.69, 9.17) is 29.1 Å². The van der Waals surface area contributed by atoms with E-state index in [1.54, 1.807) is 40.6 Å². The van der Waals surface area contributed by atoms with Crippen molar-refractivity contribution in [1.82, 2.24) is 4.57 Å². The van der Waals surface area contributed by atoms with Crippen molar-refractivity contribution in [3.63, 3.8) is 0 Å². The number of nitrogens with two attached hydrogens (primary N) is 1. The van der Waals surface area contributed by atoms with Crippen molar-refractivity contribution in [2.24, 2.45) is 5.90 Å². The third kappa shape index (κ3) is 5.42. The van der Waals surface area contributed by atoms with Crippen LogP contribution in [0.25, 0.3) is 0 Å². The van der Waals surface area contributed by atoms with E-state index in [1.165, 1.54) is 6.07 Å². The summed E-state index contributed by atoms with van der Waals surface area (Å²) in [5.74, 6) is 4.83. The number of rotatable bonds is 7. The van der Waals surface area contributed by atoms with Gasteiger partial charge in [0.15, 0.2) is 0 Å². The first kappa shape index (κ1) is 21.5. The smallest absolute Gasteiger partial charge is 0.356 e. The molecular weight excluding hydrogens is 431 g/mol. The summed E-state index contributed by atoms with van der Waals surface area (Å²) < 4.78 is 1.61. The lowest BCUT2D eigenvalue weighted by atomic mass is 10.1. The van der Waals surface area contributed by atoms with Crippen LogP contribution >= 0.6 is 35.0 Å². The van der Waals surface area contributed by atoms with Gasteiger partial charge in [-0.05, 0) is 42.3 Å². The first-order valence-corrected chi connectivity index (χ1v) is 10.5. The Labute approximate surface area is 182 Å². The van der Waals surface area contributed by atoms with Gasteiger partial charge in [0, 0.05) is 17.2 Å². The fraction of sp³-hybridized carbons (Fsp3) is 0.143. The topological polar surface area (TPSA) is 74.3 Å². The summed E-state index contributed by atoms with van der Waals surface area (Å²) in [6, 6.07) is 18.2. The highest BCUT2D eigenvalue weighted by Gasteiger charge is 2.14. The minimum atomic E-state index is -0.602. The van der Waals surface area contributed by atoms with Gasteiger partial charge in [0.25, 0.3) is 5.56 Å². The maximum absolute atomic E-state index is 12.6. The third-order valence-corrected chi connectivity index (χ3v) is 5.97. The summed E-state index contributed by atoms with van der Waals surface area (Å²) in [4.78, 5) is 29.4. The lowest BCUT2D eigenvalue weighted by Gasteiger charge is -2.15. The van der Waals surface area contributed by atoms with Gasteiger partial charge in [-0.3, -0.25) is 4.79 Å². The first-order chi connectivity index (χ1) is 14.0. The second-order valence-corrected chi connectivity index (χ2v) is 8.06. The molecule has 2 N–H and O–H groups in total. The van der Waals surface area contributed by atoms with Crippen molar-refractivity contribution >= 4 is 40.9 Å². The number of carbonyl (C=O) groups is 1. The molecule has 0 unspecified atom stereocenters. The number of aryl methyl sites for hydroxylation is 1. The highest BCUT2D eigenvalue weighted by molar-refractivity contribution is 7.98. The SMILES string of the molecule is NOC(=O)c1ccc(CCn2c(CSc3ccccc3)c(Cl)cc(Cl)c2=O)cc1. The molecule has 0 aliphatic heterocycles. The lowest BCUT2D eigenvalue weighted by molar-refractivity contribution is 0.0503. The molecule has 0 amide bonds. The summed E-state index contributed by atoms with van der Waals surface area (Å²) in [7, 11) is 0. The fourth-order valence-electron chi connectivity index (χ4n) is 2.80. The van der Waals surface area contributed by atoms with Crippen molar-refractivity contribution in [2.45, 2.75) is 23.6 Å². The maximum atomic E-state index is 12.6. The predicted octanol–water partition coefficient (Wildman–Crippen LogP) is 4.72. The minimum Gasteiger partial charge on any atom is -0.370 e. The fourth-order valence-corrected chi connectivity index (χ4v) is 4.39. The normalized spacial score (nSPS) is 10.7. The molecule has 0 aliphatic carbocycles. The Morgan fingerprint density at radius 2 is 1.72 bits per heavy atom. The zero-order valence-corrected chi connectivity index (χ0v) is 17.6. The van der Waals surface area contributed by atoms with E-state index in [2.05, 4.69) is 4.84 Å². The van der Waals surface area contributed by atoms with Gasteiger partial charge < -0.3 is 9.40 Å². The number of thioether (sulfide) groups is 1. The molecule has 5 nitrogen and oxygen atoms in total.